The quantitative estimate of drug-likeness (QED) is 0.794. The zero-order chi connectivity index (χ0) is 13.3. The van der Waals surface area contributed by atoms with E-state index in [1.165, 1.54) is 0 Å². The van der Waals surface area contributed by atoms with E-state index in [0.29, 0.717) is 37.4 Å². The minimum Gasteiger partial charge on any atom is -0.329 e. The van der Waals surface area contributed by atoms with Gasteiger partial charge in [-0.05, 0) is 37.0 Å². The standard InChI is InChI=1S/C12H25N3O2S.ClH/c1-9-5-10(2)8-15(7-9)18(16,17)14-12(6-13)11-3-4-11;/h9-12,14H,3-8,13H2,1-2H3;1H. The van der Waals surface area contributed by atoms with Crippen LogP contribution in [-0.2, 0) is 10.2 Å². The van der Waals surface area contributed by atoms with Crippen LogP contribution < -0.4 is 10.5 Å². The van der Waals surface area contributed by atoms with Crippen LogP contribution in [0.15, 0.2) is 0 Å². The first-order chi connectivity index (χ1) is 8.42. The highest BCUT2D eigenvalue weighted by Crippen LogP contribution is 2.33. The van der Waals surface area contributed by atoms with E-state index in [2.05, 4.69) is 18.6 Å². The lowest BCUT2D eigenvalue weighted by Crippen LogP contribution is -2.52. The predicted molar refractivity (Wildman–Crippen MR) is 79.4 cm³/mol. The zero-order valence-electron chi connectivity index (χ0n) is 11.7. The third-order valence-electron chi connectivity index (χ3n) is 3.92. The molecule has 1 saturated carbocycles. The molecule has 0 radical (unpaired) electrons. The van der Waals surface area contributed by atoms with Gasteiger partial charge in [0.1, 0.15) is 0 Å². The molecule has 1 heterocycles. The maximum Gasteiger partial charge on any atom is 0.279 e. The van der Waals surface area contributed by atoms with E-state index in [-0.39, 0.29) is 18.4 Å². The Morgan fingerprint density at radius 1 is 1.26 bits per heavy atom. The van der Waals surface area contributed by atoms with Crippen LogP contribution in [0.3, 0.4) is 0 Å². The first-order valence-electron chi connectivity index (χ1n) is 6.90. The molecular formula is C12H26ClN3O2S. The average Bonchev–Trinajstić information content (AvgIpc) is 3.08. The Hall–Kier alpha value is 0.120. The minimum atomic E-state index is -3.36. The number of nitrogens with zero attached hydrogens (tertiary/aromatic N) is 1. The summed E-state index contributed by atoms with van der Waals surface area (Å²) in [6.07, 6.45) is 3.29. The molecule has 2 rings (SSSR count). The van der Waals surface area contributed by atoms with E-state index in [1.54, 1.807) is 4.31 Å². The monoisotopic (exact) mass is 311 g/mol. The van der Waals surface area contributed by atoms with E-state index in [9.17, 15) is 8.42 Å². The van der Waals surface area contributed by atoms with Crippen LogP contribution in [0.5, 0.6) is 0 Å². The second-order valence-electron chi connectivity index (χ2n) is 6.07. The fourth-order valence-corrected chi connectivity index (χ4v) is 4.63. The molecule has 3 unspecified atom stereocenters. The highest BCUT2D eigenvalue weighted by molar-refractivity contribution is 7.87. The lowest BCUT2D eigenvalue weighted by molar-refractivity contribution is 0.219. The molecule has 19 heavy (non-hydrogen) atoms. The molecule has 0 bridgehead atoms. The summed E-state index contributed by atoms with van der Waals surface area (Å²) < 4.78 is 29.1. The number of nitrogens with two attached hydrogens (primary N) is 1. The van der Waals surface area contributed by atoms with E-state index in [1.807, 2.05) is 0 Å². The lowest BCUT2D eigenvalue weighted by Gasteiger charge is -2.35. The number of hydrogen-bond acceptors (Lipinski definition) is 3. The van der Waals surface area contributed by atoms with Crippen molar-refractivity contribution < 1.29 is 8.42 Å². The molecule has 114 valence electrons. The van der Waals surface area contributed by atoms with Crippen molar-refractivity contribution in [2.24, 2.45) is 23.5 Å². The summed E-state index contributed by atoms with van der Waals surface area (Å²) in [6, 6.07) is -0.0810. The van der Waals surface area contributed by atoms with Gasteiger partial charge in [0.05, 0.1) is 0 Å². The van der Waals surface area contributed by atoms with Gasteiger partial charge < -0.3 is 5.73 Å². The summed E-state index contributed by atoms with van der Waals surface area (Å²) in [5, 5.41) is 0. The third kappa shape index (κ3) is 4.56. The molecule has 0 aromatic rings. The van der Waals surface area contributed by atoms with Gasteiger partial charge in [-0.15, -0.1) is 12.4 Å². The molecule has 0 aromatic carbocycles. The zero-order valence-corrected chi connectivity index (χ0v) is 13.3. The Bertz CT molecular complexity index is 376. The van der Waals surface area contributed by atoms with E-state index >= 15 is 0 Å². The average molecular weight is 312 g/mol. The molecule has 3 atom stereocenters. The first-order valence-corrected chi connectivity index (χ1v) is 8.34. The second kappa shape index (κ2) is 6.72. The molecule has 5 nitrogen and oxygen atoms in total. The van der Waals surface area contributed by atoms with E-state index in [0.717, 1.165) is 19.3 Å². The fourth-order valence-electron chi connectivity index (χ4n) is 2.90. The fraction of sp³-hybridized carbons (Fsp3) is 1.00. The third-order valence-corrected chi connectivity index (χ3v) is 5.50. The van der Waals surface area contributed by atoms with Crippen LogP contribution in [0.25, 0.3) is 0 Å². The van der Waals surface area contributed by atoms with Crippen molar-refractivity contribution in [1.29, 1.82) is 0 Å². The number of nitrogens with one attached hydrogen (secondary N) is 1. The van der Waals surface area contributed by atoms with Crippen molar-refractivity contribution in [3.8, 4) is 0 Å². The summed E-state index contributed by atoms with van der Waals surface area (Å²) in [4.78, 5) is 0. The normalized spacial score (nSPS) is 30.7. The van der Waals surface area contributed by atoms with Crippen molar-refractivity contribution >= 4 is 22.6 Å². The molecule has 0 aromatic heterocycles. The summed E-state index contributed by atoms with van der Waals surface area (Å²) in [6.45, 7) is 5.87. The Labute approximate surface area is 122 Å². The smallest absolute Gasteiger partial charge is 0.279 e. The summed E-state index contributed by atoms with van der Waals surface area (Å²) >= 11 is 0. The highest BCUT2D eigenvalue weighted by Gasteiger charge is 2.36. The molecule has 2 fully saturated rings. The molecule has 0 spiro atoms. The van der Waals surface area contributed by atoms with Crippen LogP contribution in [0.4, 0.5) is 0 Å². The SMILES string of the molecule is CC1CC(C)CN(S(=O)(=O)NC(CN)C2CC2)C1.Cl. The molecule has 1 aliphatic carbocycles. The topological polar surface area (TPSA) is 75.4 Å². The van der Waals surface area contributed by atoms with Crippen molar-refractivity contribution in [3.05, 3.63) is 0 Å². The van der Waals surface area contributed by atoms with Gasteiger partial charge in [0.15, 0.2) is 0 Å². The first kappa shape index (κ1) is 17.2. The molecular weight excluding hydrogens is 286 g/mol. The molecule has 0 amide bonds. The number of halogens is 1. The summed E-state index contributed by atoms with van der Waals surface area (Å²) in [7, 11) is -3.36. The van der Waals surface area contributed by atoms with E-state index in [4.69, 9.17) is 5.73 Å². The second-order valence-corrected chi connectivity index (χ2v) is 7.77. The van der Waals surface area contributed by atoms with Crippen molar-refractivity contribution in [2.45, 2.75) is 39.2 Å². The van der Waals surface area contributed by atoms with Gasteiger partial charge in [-0.25, -0.2) is 0 Å². The van der Waals surface area contributed by atoms with Gasteiger partial charge in [-0.2, -0.15) is 17.4 Å². The van der Waals surface area contributed by atoms with Crippen LogP contribution in [-0.4, -0.2) is 38.4 Å². The minimum absolute atomic E-state index is 0. The molecule has 1 saturated heterocycles. The van der Waals surface area contributed by atoms with Gasteiger partial charge in [-0.1, -0.05) is 13.8 Å². The van der Waals surface area contributed by atoms with E-state index < -0.39 is 10.2 Å². The van der Waals surface area contributed by atoms with Gasteiger partial charge in [0.2, 0.25) is 0 Å². The van der Waals surface area contributed by atoms with Crippen LogP contribution in [0.1, 0.15) is 33.1 Å². The van der Waals surface area contributed by atoms with Crippen LogP contribution in [0, 0.1) is 17.8 Å². The lowest BCUT2D eigenvalue weighted by atomic mass is 9.94. The number of hydrogen-bond donors (Lipinski definition) is 2. The molecule has 7 heteroatoms. The summed E-state index contributed by atoms with van der Waals surface area (Å²) in [5.74, 6) is 1.31. The Morgan fingerprint density at radius 3 is 2.21 bits per heavy atom. The van der Waals surface area contributed by atoms with Crippen LogP contribution >= 0.6 is 12.4 Å². The maximum absolute atomic E-state index is 12.3. The number of rotatable bonds is 5. The van der Waals surface area contributed by atoms with Crippen LogP contribution in [0.2, 0.25) is 0 Å². The largest absolute Gasteiger partial charge is 0.329 e. The predicted octanol–water partition coefficient (Wildman–Crippen LogP) is 0.958. The van der Waals surface area contributed by atoms with Gasteiger partial charge in [0, 0.05) is 25.7 Å². The molecule has 2 aliphatic rings. The van der Waals surface area contributed by atoms with Crippen molar-refractivity contribution in [2.75, 3.05) is 19.6 Å². The maximum atomic E-state index is 12.3. The van der Waals surface area contributed by atoms with Gasteiger partial charge >= 0.3 is 0 Å². The highest BCUT2D eigenvalue weighted by atomic mass is 35.5. The Morgan fingerprint density at radius 2 is 1.79 bits per heavy atom. The number of piperidine rings is 1. The Kier molecular flexibility index (Phi) is 6.07. The van der Waals surface area contributed by atoms with Gasteiger partial charge in [0.25, 0.3) is 10.2 Å². The molecule has 1 aliphatic heterocycles. The molecule has 3 N–H and O–H groups in total. The van der Waals surface area contributed by atoms with Crippen molar-refractivity contribution in [1.82, 2.24) is 9.03 Å². The summed E-state index contributed by atoms with van der Waals surface area (Å²) in [5.41, 5.74) is 5.66. The Balaban J connectivity index is 0.00000180. The van der Waals surface area contributed by atoms with Crippen molar-refractivity contribution in [3.63, 3.8) is 0 Å². The van der Waals surface area contributed by atoms with Gasteiger partial charge in [-0.3, -0.25) is 0 Å².